The number of carbonyl (C=O) groups is 2. The van der Waals surface area contributed by atoms with Crippen LogP contribution >= 0.6 is 0 Å². The molecule has 0 fully saturated rings. The van der Waals surface area contributed by atoms with Crippen LogP contribution in [-0.2, 0) is 25.7 Å². The molecule has 0 unspecified atom stereocenters. The number of nitrogens with zero attached hydrogens (tertiary/aromatic N) is 1. The van der Waals surface area contributed by atoms with Crippen LogP contribution in [0.15, 0.2) is 42.5 Å². The van der Waals surface area contributed by atoms with E-state index < -0.39 is 0 Å². The quantitative estimate of drug-likeness (QED) is 0.897. The Morgan fingerprint density at radius 3 is 2.77 bits per heavy atom. The number of hydrogen-bond donors (Lipinski definition) is 1. The van der Waals surface area contributed by atoms with Gasteiger partial charge in [-0.15, -0.1) is 0 Å². The topological polar surface area (TPSA) is 67.9 Å². The molecular weight excluding hydrogens is 332 g/mol. The van der Waals surface area contributed by atoms with Gasteiger partial charge in [0, 0.05) is 37.5 Å². The van der Waals surface area contributed by atoms with Crippen molar-refractivity contribution in [3.63, 3.8) is 0 Å². The monoisotopic (exact) mass is 354 g/mol. The minimum Gasteiger partial charge on any atom is -0.383 e. The van der Waals surface area contributed by atoms with E-state index in [-0.39, 0.29) is 18.4 Å². The summed E-state index contributed by atoms with van der Waals surface area (Å²) in [5.74, 6) is -0.175. The molecule has 2 aromatic rings. The van der Waals surface area contributed by atoms with E-state index in [1.54, 1.807) is 12.0 Å². The number of benzene rings is 2. The lowest BCUT2D eigenvalue weighted by Crippen LogP contribution is -2.35. The van der Waals surface area contributed by atoms with E-state index in [0.29, 0.717) is 19.8 Å². The molecular formula is C20H22N2O4. The van der Waals surface area contributed by atoms with Gasteiger partial charge in [0.05, 0.1) is 13.2 Å². The average Bonchev–Trinajstić information content (AvgIpc) is 2.77. The van der Waals surface area contributed by atoms with Gasteiger partial charge >= 0.3 is 0 Å². The Bertz CT molecular complexity index is 819. The molecule has 0 spiro atoms. The van der Waals surface area contributed by atoms with Crippen molar-refractivity contribution in [2.45, 2.75) is 13.5 Å². The standard InChI is InChI=1S/C20H22N2O4/c1-14(23)21-18-5-3-4-15(11-18)16-6-7-19-17(10-16)12-26-13-20(24)22(19)8-9-25-2/h3-7,10-11H,8-9,12-13H2,1-2H3,(H,21,23). The van der Waals surface area contributed by atoms with Crippen LogP contribution in [0.25, 0.3) is 11.1 Å². The first-order valence-corrected chi connectivity index (χ1v) is 8.46. The van der Waals surface area contributed by atoms with Crippen molar-refractivity contribution in [2.24, 2.45) is 0 Å². The van der Waals surface area contributed by atoms with Gasteiger partial charge in [0.15, 0.2) is 0 Å². The van der Waals surface area contributed by atoms with Crippen molar-refractivity contribution in [1.82, 2.24) is 0 Å². The van der Waals surface area contributed by atoms with Crippen LogP contribution in [0.5, 0.6) is 0 Å². The van der Waals surface area contributed by atoms with Crippen molar-refractivity contribution >= 4 is 23.2 Å². The molecule has 2 amide bonds. The number of fused-ring (bicyclic) bond motifs is 1. The minimum atomic E-state index is -0.107. The highest BCUT2D eigenvalue weighted by atomic mass is 16.5. The van der Waals surface area contributed by atoms with Crippen LogP contribution in [0.3, 0.4) is 0 Å². The molecule has 0 aromatic heterocycles. The van der Waals surface area contributed by atoms with E-state index in [2.05, 4.69) is 5.32 Å². The number of rotatable bonds is 5. The molecule has 0 aliphatic carbocycles. The van der Waals surface area contributed by atoms with Gasteiger partial charge in [-0.3, -0.25) is 9.59 Å². The molecule has 1 aliphatic heterocycles. The summed E-state index contributed by atoms with van der Waals surface area (Å²) in [4.78, 5) is 25.3. The van der Waals surface area contributed by atoms with Gasteiger partial charge in [0.2, 0.25) is 5.91 Å². The third-order valence-electron chi connectivity index (χ3n) is 4.19. The zero-order chi connectivity index (χ0) is 18.5. The third-order valence-corrected chi connectivity index (χ3v) is 4.19. The van der Waals surface area contributed by atoms with Crippen LogP contribution in [0, 0.1) is 0 Å². The summed E-state index contributed by atoms with van der Waals surface area (Å²) in [5.41, 5.74) is 4.54. The number of methoxy groups -OCH3 is 1. The number of carbonyl (C=O) groups excluding carboxylic acids is 2. The molecule has 1 N–H and O–H groups in total. The van der Waals surface area contributed by atoms with Crippen LogP contribution in [0.4, 0.5) is 11.4 Å². The van der Waals surface area contributed by atoms with Crippen LogP contribution in [-0.4, -0.2) is 38.7 Å². The molecule has 1 heterocycles. The van der Waals surface area contributed by atoms with E-state index in [4.69, 9.17) is 9.47 Å². The largest absolute Gasteiger partial charge is 0.383 e. The number of anilines is 2. The van der Waals surface area contributed by atoms with Crippen molar-refractivity contribution in [2.75, 3.05) is 37.1 Å². The summed E-state index contributed by atoms with van der Waals surface area (Å²) >= 11 is 0. The Morgan fingerprint density at radius 2 is 2.00 bits per heavy atom. The van der Waals surface area contributed by atoms with E-state index in [9.17, 15) is 9.59 Å². The number of ether oxygens (including phenoxy) is 2. The van der Waals surface area contributed by atoms with E-state index in [0.717, 1.165) is 28.1 Å². The lowest BCUT2D eigenvalue weighted by Gasteiger charge is -2.22. The second-order valence-electron chi connectivity index (χ2n) is 6.14. The normalized spacial score (nSPS) is 13.9. The number of amides is 2. The molecule has 2 aromatic carbocycles. The van der Waals surface area contributed by atoms with Gasteiger partial charge in [-0.25, -0.2) is 0 Å². The van der Waals surface area contributed by atoms with Gasteiger partial charge < -0.3 is 19.7 Å². The van der Waals surface area contributed by atoms with Crippen molar-refractivity contribution in [1.29, 1.82) is 0 Å². The summed E-state index contributed by atoms with van der Waals surface area (Å²) in [6.45, 7) is 2.88. The second kappa shape index (κ2) is 8.12. The Morgan fingerprint density at radius 1 is 1.19 bits per heavy atom. The third kappa shape index (κ3) is 4.09. The average molecular weight is 354 g/mol. The van der Waals surface area contributed by atoms with Crippen molar-refractivity contribution < 1.29 is 19.1 Å². The Kier molecular flexibility index (Phi) is 5.65. The van der Waals surface area contributed by atoms with Gasteiger partial charge in [0.1, 0.15) is 6.61 Å². The molecule has 1 aliphatic rings. The smallest absolute Gasteiger partial charge is 0.253 e. The van der Waals surface area contributed by atoms with Crippen molar-refractivity contribution in [3.8, 4) is 11.1 Å². The van der Waals surface area contributed by atoms with E-state index in [1.165, 1.54) is 6.92 Å². The second-order valence-corrected chi connectivity index (χ2v) is 6.14. The van der Waals surface area contributed by atoms with Gasteiger partial charge in [-0.2, -0.15) is 0 Å². The van der Waals surface area contributed by atoms with Crippen LogP contribution in [0.1, 0.15) is 12.5 Å². The van der Waals surface area contributed by atoms with Crippen molar-refractivity contribution in [3.05, 3.63) is 48.0 Å². The summed E-state index contributed by atoms with van der Waals surface area (Å²) < 4.78 is 10.6. The molecule has 0 bridgehead atoms. The van der Waals surface area contributed by atoms with Crippen LogP contribution in [0.2, 0.25) is 0 Å². The Balaban J connectivity index is 1.94. The first-order valence-electron chi connectivity index (χ1n) is 8.46. The zero-order valence-electron chi connectivity index (χ0n) is 15.0. The maximum atomic E-state index is 12.3. The molecule has 0 saturated heterocycles. The molecule has 136 valence electrons. The summed E-state index contributed by atoms with van der Waals surface area (Å²) in [7, 11) is 1.62. The Hall–Kier alpha value is -2.70. The number of hydrogen-bond acceptors (Lipinski definition) is 4. The lowest BCUT2D eigenvalue weighted by molar-refractivity contribution is -0.123. The predicted molar refractivity (Wildman–Crippen MR) is 100 cm³/mol. The zero-order valence-corrected chi connectivity index (χ0v) is 15.0. The molecule has 3 rings (SSSR count). The predicted octanol–water partition coefficient (Wildman–Crippen LogP) is 2.82. The molecule has 26 heavy (non-hydrogen) atoms. The highest BCUT2D eigenvalue weighted by Gasteiger charge is 2.22. The SMILES string of the molecule is COCCN1C(=O)COCc2cc(-c3cccc(NC(C)=O)c3)ccc21. The summed E-state index contributed by atoms with van der Waals surface area (Å²) in [6.07, 6.45) is 0. The van der Waals surface area contributed by atoms with Gasteiger partial charge in [-0.05, 0) is 35.4 Å². The maximum Gasteiger partial charge on any atom is 0.253 e. The van der Waals surface area contributed by atoms with E-state index in [1.807, 2.05) is 42.5 Å². The highest BCUT2D eigenvalue weighted by molar-refractivity contribution is 5.96. The van der Waals surface area contributed by atoms with E-state index >= 15 is 0 Å². The fourth-order valence-corrected chi connectivity index (χ4v) is 3.01. The molecule has 0 saturated carbocycles. The van der Waals surface area contributed by atoms with Crippen LogP contribution < -0.4 is 10.2 Å². The fraction of sp³-hybridized carbons (Fsp3) is 0.300. The fourth-order valence-electron chi connectivity index (χ4n) is 3.01. The van der Waals surface area contributed by atoms with Gasteiger partial charge in [-0.1, -0.05) is 18.2 Å². The molecule has 6 heteroatoms. The lowest BCUT2D eigenvalue weighted by atomic mass is 10.0. The summed E-state index contributed by atoms with van der Waals surface area (Å²) in [5, 5.41) is 2.79. The first-order chi connectivity index (χ1) is 12.6. The Labute approximate surface area is 152 Å². The number of nitrogens with one attached hydrogen (secondary N) is 1. The molecule has 0 radical (unpaired) electrons. The van der Waals surface area contributed by atoms with Gasteiger partial charge in [0.25, 0.3) is 5.91 Å². The summed E-state index contributed by atoms with van der Waals surface area (Å²) in [6, 6.07) is 13.6. The molecule has 0 atom stereocenters. The maximum absolute atomic E-state index is 12.3. The minimum absolute atomic E-state index is 0.0613. The highest BCUT2D eigenvalue weighted by Crippen LogP contribution is 2.31. The first kappa shape index (κ1) is 18.1. The molecule has 6 nitrogen and oxygen atoms in total.